The highest BCUT2D eigenvalue weighted by atomic mass is 127. The molecule has 0 spiro atoms. The number of nitrogens with zero attached hydrogens (tertiary/aromatic N) is 1. The average Bonchev–Trinajstić information content (AvgIpc) is 2.89. The molecule has 1 aliphatic heterocycles. The van der Waals surface area contributed by atoms with E-state index in [0.29, 0.717) is 24.1 Å². The lowest BCUT2D eigenvalue weighted by Gasteiger charge is -2.30. The third-order valence-corrected chi connectivity index (χ3v) is 6.96. The van der Waals surface area contributed by atoms with Gasteiger partial charge >= 0.3 is 5.97 Å². The van der Waals surface area contributed by atoms with Gasteiger partial charge in [0.05, 0.1) is 50.6 Å². The van der Waals surface area contributed by atoms with E-state index in [1.807, 2.05) is 26.2 Å². The summed E-state index contributed by atoms with van der Waals surface area (Å²) in [6, 6.07) is 7.10. The Morgan fingerprint density at radius 3 is 2.34 bits per heavy atom. The van der Waals surface area contributed by atoms with Gasteiger partial charge in [-0.15, -0.1) is 0 Å². The Bertz CT molecular complexity index is 765. The first-order chi connectivity index (χ1) is 13.1. The van der Waals surface area contributed by atoms with Crippen molar-refractivity contribution in [2.75, 3.05) is 33.8 Å². The smallest absolute Gasteiger partial charge is 0.307 e. The molecule has 1 aromatic carbocycles. The van der Waals surface area contributed by atoms with Crippen LogP contribution in [0.3, 0.4) is 0 Å². The van der Waals surface area contributed by atoms with Gasteiger partial charge in [-0.2, -0.15) is 4.72 Å². The number of carbonyl (C=O) groups excluding carboxylic acids is 1. The number of likely N-dealkylation sites (tertiary alicyclic amines) is 1. The third kappa shape index (κ3) is 7.80. The second-order valence-electron chi connectivity index (χ2n) is 8.54. The number of aryl methyl sites for hydroxylation is 1. The fourth-order valence-corrected chi connectivity index (χ4v) is 5.43. The third-order valence-electron chi connectivity index (χ3n) is 5.37. The summed E-state index contributed by atoms with van der Waals surface area (Å²) in [4.78, 5) is 12.4. The Labute approximate surface area is 193 Å². The number of sulfonamides is 1. The molecule has 1 saturated heterocycles. The molecule has 8 heteroatoms. The van der Waals surface area contributed by atoms with Gasteiger partial charge in [0.25, 0.3) is 0 Å². The Morgan fingerprint density at radius 2 is 1.83 bits per heavy atom. The molecule has 1 aliphatic rings. The first-order valence-corrected chi connectivity index (χ1v) is 11.7. The van der Waals surface area contributed by atoms with Crippen LogP contribution in [-0.2, 0) is 26.0 Å². The Kier molecular flexibility index (Phi) is 10.0. The van der Waals surface area contributed by atoms with Crippen molar-refractivity contribution in [3.8, 4) is 0 Å². The van der Waals surface area contributed by atoms with Crippen LogP contribution in [-0.4, -0.2) is 58.2 Å². The molecule has 0 bridgehead atoms. The van der Waals surface area contributed by atoms with Crippen LogP contribution < -0.4 is 28.7 Å². The van der Waals surface area contributed by atoms with E-state index in [-0.39, 0.29) is 41.3 Å². The quantitative estimate of drug-likeness (QED) is 0.195. The number of benzene rings is 1. The number of likely N-dealkylation sites (N-methyl/N-ethyl adjacent to an activating group) is 1. The maximum Gasteiger partial charge on any atom is 0.307 e. The molecule has 166 valence electrons. The van der Waals surface area contributed by atoms with Crippen molar-refractivity contribution < 1.29 is 46.4 Å². The highest BCUT2D eigenvalue weighted by Gasteiger charge is 2.48. The SMILES string of the molecule is CCCCCc1ccc(S(=O)(=O)NC2(CC(=O)OCC)CC[N+](C)(C)C2)cc1.[I-]. The number of halogens is 1. The van der Waals surface area contributed by atoms with Gasteiger partial charge in [0.2, 0.25) is 10.0 Å². The van der Waals surface area contributed by atoms with Gasteiger partial charge in [0.15, 0.2) is 0 Å². The topological polar surface area (TPSA) is 72.5 Å². The fraction of sp³-hybridized carbons (Fsp3) is 0.667. The molecule has 0 saturated carbocycles. The number of unbranched alkanes of at least 4 members (excludes halogenated alkanes) is 2. The predicted octanol–water partition coefficient (Wildman–Crippen LogP) is -0.126. The molecular weight excluding hydrogens is 503 g/mol. The number of hydrogen-bond acceptors (Lipinski definition) is 4. The lowest BCUT2D eigenvalue weighted by molar-refractivity contribution is -0.879. The van der Waals surface area contributed by atoms with Crippen LogP contribution in [0, 0.1) is 0 Å². The largest absolute Gasteiger partial charge is 1.00 e. The molecule has 0 amide bonds. The lowest BCUT2D eigenvalue weighted by Crippen LogP contribution is -3.00. The van der Waals surface area contributed by atoms with E-state index >= 15 is 0 Å². The molecule has 1 N–H and O–H groups in total. The number of rotatable bonds is 10. The molecule has 1 aromatic rings. The van der Waals surface area contributed by atoms with Crippen LogP contribution in [0.25, 0.3) is 0 Å². The molecule has 2 rings (SSSR count). The Morgan fingerprint density at radius 1 is 1.17 bits per heavy atom. The molecule has 0 aliphatic carbocycles. The van der Waals surface area contributed by atoms with Crippen molar-refractivity contribution in [1.29, 1.82) is 0 Å². The molecular formula is C21H35IN2O4S. The Hall–Kier alpha value is -0.710. The van der Waals surface area contributed by atoms with Gasteiger partial charge in [-0.3, -0.25) is 4.79 Å². The van der Waals surface area contributed by atoms with E-state index in [0.717, 1.165) is 31.4 Å². The van der Waals surface area contributed by atoms with Crippen molar-refractivity contribution in [3.63, 3.8) is 0 Å². The summed E-state index contributed by atoms with van der Waals surface area (Å²) < 4.78 is 34.7. The van der Waals surface area contributed by atoms with Gasteiger partial charge in [-0.05, 0) is 37.5 Å². The molecule has 1 heterocycles. The van der Waals surface area contributed by atoms with E-state index in [2.05, 4.69) is 11.6 Å². The zero-order valence-electron chi connectivity index (χ0n) is 18.0. The van der Waals surface area contributed by atoms with Crippen LogP contribution >= 0.6 is 0 Å². The minimum atomic E-state index is -3.72. The summed E-state index contributed by atoms with van der Waals surface area (Å²) in [6.45, 7) is 5.57. The van der Waals surface area contributed by atoms with E-state index in [1.165, 1.54) is 6.42 Å². The number of esters is 1. The van der Waals surface area contributed by atoms with E-state index in [9.17, 15) is 13.2 Å². The second kappa shape index (κ2) is 11.1. The predicted molar refractivity (Wildman–Crippen MR) is 110 cm³/mol. The van der Waals surface area contributed by atoms with Crippen molar-refractivity contribution in [3.05, 3.63) is 29.8 Å². The van der Waals surface area contributed by atoms with Crippen LogP contribution in [0.5, 0.6) is 0 Å². The fourth-order valence-electron chi connectivity index (χ4n) is 4.00. The Balaban J connectivity index is 0.00000420. The molecule has 1 unspecified atom stereocenters. The van der Waals surface area contributed by atoms with Crippen LogP contribution in [0.15, 0.2) is 29.2 Å². The lowest BCUT2D eigenvalue weighted by atomic mass is 9.96. The van der Waals surface area contributed by atoms with Crippen molar-refractivity contribution in [2.45, 2.75) is 62.8 Å². The molecule has 1 fully saturated rings. The summed E-state index contributed by atoms with van der Waals surface area (Å²) in [5.41, 5.74) is 0.335. The molecule has 1 atom stereocenters. The molecule has 6 nitrogen and oxygen atoms in total. The van der Waals surface area contributed by atoms with Crippen LogP contribution in [0.4, 0.5) is 0 Å². The van der Waals surface area contributed by atoms with Crippen molar-refractivity contribution >= 4 is 16.0 Å². The number of quaternary nitrogens is 1. The zero-order chi connectivity index (χ0) is 20.8. The van der Waals surface area contributed by atoms with Crippen LogP contribution in [0.2, 0.25) is 0 Å². The van der Waals surface area contributed by atoms with E-state index in [4.69, 9.17) is 4.74 Å². The van der Waals surface area contributed by atoms with Gasteiger partial charge in [0, 0.05) is 6.42 Å². The highest BCUT2D eigenvalue weighted by Crippen LogP contribution is 2.30. The maximum atomic E-state index is 13.0. The zero-order valence-corrected chi connectivity index (χ0v) is 21.0. The summed E-state index contributed by atoms with van der Waals surface area (Å²) in [5, 5.41) is 0. The minimum absolute atomic E-state index is 0. The average molecular weight is 538 g/mol. The maximum absolute atomic E-state index is 13.0. The number of ether oxygens (including phenoxy) is 1. The summed E-state index contributed by atoms with van der Waals surface area (Å²) in [7, 11) is 0.373. The highest BCUT2D eigenvalue weighted by molar-refractivity contribution is 7.89. The number of nitrogens with one attached hydrogen (secondary N) is 1. The van der Waals surface area contributed by atoms with Gasteiger partial charge in [-0.25, -0.2) is 8.42 Å². The second-order valence-corrected chi connectivity index (χ2v) is 10.2. The monoisotopic (exact) mass is 538 g/mol. The normalized spacial score (nSPS) is 20.8. The summed E-state index contributed by atoms with van der Waals surface area (Å²) in [5.74, 6) is -0.363. The minimum Gasteiger partial charge on any atom is -1.00 e. The first-order valence-electron chi connectivity index (χ1n) is 10.2. The summed E-state index contributed by atoms with van der Waals surface area (Å²) >= 11 is 0. The summed E-state index contributed by atoms with van der Waals surface area (Å²) in [6.07, 6.45) is 5.06. The van der Waals surface area contributed by atoms with E-state index < -0.39 is 15.6 Å². The van der Waals surface area contributed by atoms with Gasteiger partial charge in [0.1, 0.15) is 0 Å². The van der Waals surface area contributed by atoms with Crippen molar-refractivity contribution in [1.82, 2.24) is 4.72 Å². The number of hydrogen-bond donors (Lipinski definition) is 1. The standard InChI is InChI=1S/C21H35N2O4S.HI/c1-5-7-8-9-18-10-12-19(13-11-18)28(25,26)22-21(16-20(24)27-6-2)14-15-23(3,4)17-21;/h10-13,22H,5-9,14-17H2,1-4H3;1H/q+1;/p-1. The van der Waals surface area contributed by atoms with Crippen molar-refractivity contribution in [2.24, 2.45) is 0 Å². The molecule has 0 aromatic heterocycles. The molecule has 0 radical (unpaired) electrons. The van der Waals surface area contributed by atoms with E-state index in [1.54, 1.807) is 19.1 Å². The number of carbonyl (C=O) groups is 1. The molecule has 29 heavy (non-hydrogen) atoms. The van der Waals surface area contributed by atoms with Gasteiger partial charge in [-0.1, -0.05) is 31.9 Å². The van der Waals surface area contributed by atoms with Gasteiger partial charge < -0.3 is 33.2 Å². The van der Waals surface area contributed by atoms with Crippen LogP contribution in [0.1, 0.15) is 51.5 Å². The first kappa shape index (κ1) is 26.3.